The summed E-state index contributed by atoms with van der Waals surface area (Å²) in [5.74, 6) is 0.996. The Morgan fingerprint density at radius 3 is 2.84 bits per heavy atom. The first-order valence-electron chi connectivity index (χ1n) is 6.95. The van der Waals surface area contributed by atoms with Crippen LogP contribution in [0.5, 0.6) is 0 Å². The summed E-state index contributed by atoms with van der Waals surface area (Å²) in [6.07, 6.45) is 3.82. The Bertz CT molecular complexity index is 470. The molecule has 1 unspecified atom stereocenters. The van der Waals surface area contributed by atoms with Gasteiger partial charge in [0.1, 0.15) is 0 Å². The molecule has 1 aliphatic rings. The van der Waals surface area contributed by atoms with Crippen LogP contribution in [0.15, 0.2) is 23.4 Å². The van der Waals surface area contributed by atoms with Crippen molar-refractivity contribution in [1.82, 2.24) is 0 Å². The van der Waals surface area contributed by atoms with Crippen molar-refractivity contribution in [2.24, 2.45) is 16.8 Å². The van der Waals surface area contributed by atoms with Gasteiger partial charge in [-0.2, -0.15) is 0 Å². The van der Waals surface area contributed by atoms with Crippen LogP contribution in [0.25, 0.3) is 0 Å². The SMILES string of the molecule is Cc1cc(N2CCCC(C)CC2)ccc1/C(N)=N/O. The zero-order chi connectivity index (χ0) is 13.8. The van der Waals surface area contributed by atoms with Gasteiger partial charge in [-0.3, -0.25) is 0 Å². The fraction of sp³-hybridized carbons (Fsp3) is 0.533. The molecule has 1 atom stereocenters. The molecule has 0 aliphatic carbocycles. The minimum Gasteiger partial charge on any atom is -0.409 e. The number of rotatable bonds is 2. The maximum Gasteiger partial charge on any atom is 0.170 e. The first-order valence-corrected chi connectivity index (χ1v) is 6.95. The van der Waals surface area contributed by atoms with E-state index in [4.69, 9.17) is 10.9 Å². The first-order chi connectivity index (χ1) is 9.11. The molecule has 4 heteroatoms. The normalized spacial score (nSPS) is 21.3. The second kappa shape index (κ2) is 5.95. The van der Waals surface area contributed by atoms with Crippen LogP contribution in [0.3, 0.4) is 0 Å². The Morgan fingerprint density at radius 2 is 2.16 bits per heavy atom. The van der Waals surface area contributed by atoms with E-state index in [9.17, 15) is 0 Å². The predicted molar refractivity (Wildman–Crippen MR) is 78.9 cm³/mol. The topological polar surface area (TPSA) is 61.8 Å². The number of hydrogen-bond donors (Lipinski definition) is 2. The minimum atomic E-state index is 0.175. The molecule has 1 heterocycles. The van der Waals surface area contributed by atoms with E-state index in [0.29, 0.717) is 0 Å². The molecule has 0 spiro atoms. The van der Waals surface area contributed by atoms with Gasteiger partial charge in [0.05, 0.1) is 0 Å². The van der Waals surface area contributed by atoms with Gasteiger partial charge in [0.2, 0.25) is 0 Å². The molecular formula is C15H23N3O. The van der Waals surface area contributed by atoms with E-state index in [1.54, 1.807) is 0 Å². The number of anilines is 1. The Kier molecular flexibility index (Phi) is 4.30. The Hall–Kier alpha value is -1.71. The van der Waals surface area contributed by atoms with Crippen LogP contribution in [0.1, 0.15) is 37.3 Å². The van der Waals surface area contributed by atoms with Crippen molar-refractivity contribution in [2.45, 2.75) is 33.1 Å². The van der Waals surface area contributed by atoms with E-state index in [-0.39, 0.29) is 5.84 Å². The van der Waals surface area contributed by atoms with Gasteiger partial charge in [-0.1, -0.05) is 12.1 Å². The highest BCUT2D eigenvalue weighted by Gasteiger charge is 2.15. The van der Waals surface area contributed by atoms with Crippen molar-refractivity contribution in [3.63, 3.8) is 0 Å². The van der Waals surface area contributed by atoms with E-state index in [1.807, 2.05) is 13.0 Å². The lowest BCUT2D eigenvalue weighted by atomic mass is 10.0. The number of nitrogens with two attached hydrogens (primary N) is 1. The molecule has 0 bridgehead atoms. The number of benzene rings is 1. The smallest absolute Gasteiger partial charge is 0.170 e. The molecule has 0 saturated carbocycles. The van der Waals surface area contributed by atoms with Crippen LogP contribution >= 0.6 is 0 Å². The molecule has 1 saturated heterocycles. The maximum atomic E-state index is 8.75. The lowest BCUT2D eigenvalue weighted by molar-refractivity contribution is 0.318. The highest BCUT2D eigenvalue weighted by molar-refractivity contribution is 5.98. The Labute approximate surface area is 114 Å². The summed E-state index contributed by atoms with van der Waals surface area (Å²) in [4.78, 5) is 2.44. The number of aryl methyl sites for hydroxylation is 1. The summed E-state index contributed by atoms with van der Waals surface area (Å²) in [6, 6.07) is 6.13. The molecule has 1 fully saturated rings. The molecule has 0 aromatic heterocycles. The molecule has 0 amide bonds. The fourth-order valence-electron chi connectivity index (χ4n) is 2.71. The van der Waals surface area contributed by atoms with E-state index in [2.05, 4.69) is 29.1 Å². The minimum absolute atomic E-state index is 0.175. The maximum absolute atomic E-state index is 8.75. The summed E-state index contributed by atoms with van der Waals surface area (Å²) >= 11 is 0. The summed E-state index contributed by atoms with van der Waals surface area (Å²) in [7, 11) is 0. The highest BCUT2D eigenvalue weighted by atomic mass is 16.4. The molecule has 1 aromatic carbocycles. The summed E-state index contributed by atoms with van der Waals surface area (Å²) in [6.45, 7) is 6.56. The van der Waals surface area contributed by atoms with Crippen molar-refractivity contribution in [3.8, 4) is 0 Å². The average molecular weight is 261 g/mol. The van der Waals surface area contributed by atoms with Crippen molar-refractivity contribution in [1.29, 1.82) is 0 Å². The molecule has 19 heavy (non-hydrogen) atoms. The number of oxime groups is 1. The Balaban J connectivity index is 2.19. The largest absolute Gasteiger partial charge is 0.409 e. The quantitative estimate of drug-likeness (QED) is 0.372. The van der Waals surface area contributed by atoms with Gasteiger partial charge in [-0.25, -0.2) is 0 Å². The number of amidine groups is 1. The molecule has 0 radical (unpaired) electrons. The van der Waals surface area contributed by atoms with Crippen molar-refractivity contribution >= 4 is 11.5 Å². The van der Waals surface area contributed by atoms with Crippen LogP contribution in [-0.4, -0.2) is 24.1 Å². The average Bonchev–Trinajstić information content (AvgIpc) is 2.62. The zero-order valence-corrected chi connectivity index (χ0v) is 11.8. The lowest BCUT2D eigenvalue weighted by Crippen LogP contribution is -2.24. The zero-order valence-electron chi connectivity index (χ0n) is 11.8. The fourth-order valence-corrected chi connectivity index (χ4v) is 2.71. The molecular weight excluding hydrogens is 238 g/mol. The number of hydrogen-bond acceptors (Lipinski definition) is 3. The van der Waals surface area contributed by atoms with Gasteiger partial charge in [0.25, 0.3) is 0 Å². The second-order valence-electron chi connectivity index (χ2n) is 5.51. The van der Waals surface area contributed by atoms with Crippen molar-refractivity contribution in [3.05, 3.63) is 29.3 Å². The molecule has 1 aliphatic heterocycles. The predicted octanol–water partition coefficient (Wildman–Crippen LogP) is 2.72. The van der Waals surface area contributed by atoms with Gasteiger partial charge in [-0.05, 0) is 55.9 Å². The monoisotopic (exact) mass is 261 g/mol. The third-order valence-electron chi connectivity index (χ3n) is 3.98. The van der Waals surface area contributed by atoms with Crippen LogP contribution < -0.4 is 10.6 Å². The third kappa shape index (κ3) is 3.19. The number of nitrogens with zero attached hydrogens (tertiary/aromatic N) is 2. The standard InChI is InChI=1S/C15H23N3O/c1-11-4-3-8-18(9-7-11)13-5-6-14(12(2)10-13)15(16)17-19/h5-6,10-11,19H,3-4,7-9H2,1-2H3,(H2,16,17). The van der Waals surface area contributed by atoms with E-state index < -0.39 is 0 Å². The van der Waals surface area contributed by atoms with Gasteiger partial charge in [0.15, 0.2) is 5.84 Å². The van der Waals surface area contributed by atoms with Gasteiger partial charge < -0.3 is 15.8 Å². The van der Waals surface area contributed by atoms with Crippen molar-refractivity contribution < 1.29 is 5.21 Å². The summed E-state index contributed by atoms with van der Waals surface area (Å²) in [5.41, 5.74) is 8.74. The van der Waals surface area contributed by atoms with Crippen LogP contribution in [0.2, 0.25) is 0 Å². The third-order valence-corrected chi connectivity index (χ3v) is 3.98. The Morgan fingerprint density at radius 1 is 1.37 bits per heavy atom. The summed E-state index contributed by atoms with van der Waals surface area (Å²) in [5, 5.41) is 11.8. The van der Waals surface area contributed by atoms with Crippen LogP contribution in [-0.2, 0) is 0 Å². The van der Waals surface area contributed by atoms with Gasteiger partial charge in [-0.15, -0.1) is 0 Å². The molecule has 3 N–H and O–H groups in total. The van der Waals surface area contributed by atoms with Crippen molar-refractivity contribution in [2.75, 3.05) is 18.0 Å². The van der Waals surface area contributed by atoms with Gasteiger partial charge >= 0.3 is 0 Å². The van der Waals surface area contributed by atoms with E-state index in [0.717, 1.165) is 30.1 Å². The molecule has 104 valence electrons. The first kappa shape index (κ1) is 13.7. The molecule has 1 aromatic rings. The second-order valence-corrected chi connectivity index (χ2v) is 5.51. The van der Waals surface area contributed by atoms with E-state index >= 15 is 0 Å². The molecule has 4 nitrogen and oxygen atoms in total. The van der Waals surface area contributed by atoms with E-state index in [1.165, 1.54) is 24.9 Å². The van der Waals surface area contributed by atoms with Crippen LogP contribution in [0, 0.1) is 12.8 Å². The van der Waals surface area contributed by atoms with Crippen LogP contribution in [0.4, 0.5) is 5.69 Å². The van der Waals surface area contributed by atoms with Gasteiger partial charge in [0, 0.05) is 24.3 Å². The lowest BCUT2D eigenvalue weighted by Gasteiger charge is -2.23. The molecule has 2 rings (SSSR count). The highest BCUT2D eigenvalue weighted by Crippen LogP contribution is 2.24. The summed E-state index contributed by atoms with van der Waals surface area (Å²) < 4.78 is 0.